The Morgan fingerprint density at radius 1 is 0.254 bits per heavy atom. The molecule has 14 rings (SSSR count). The molecule has 11 aromatic carbocycles. The Kier molecular flexibility index (Phi) is 8.23. The maximum Gasteiger partial charge on any atom is 0.160 e. The fourth-order valence-electron chi connectivity index (χ4n) is 11.6. The van der Waals surface area contributed by atoms with Crippen molar-refractivity contribution in [3.05, 3.63) is 265 Å². The molecule has 12 aromatic rings. The van der Waals surface area contributed by atoms with Gasteiger partial charge in [-0.15, -0.1) is 0 Å². The molecular formula is C65H40N2. The summed E-state index contributed by atoms with van der Waals surface area (Å²) >= 11 is 0. The van der Waals surface area contributed by atoms with Crippen LogP contribution in [-0.2, 0) is 5.41 Å². The Morgan fingerprint density at radius 3 is 1.49 bits per heavy atom. The second-order valence-corrected chi connectivity index (χ2v) is 18.0. The van der Waals surface area contributed by atoms with Crippen LogP contribution in [0.5, 0.6) is 0 Å². The van der Waals surface area contributed by atoms with Crippen LogP contribution < -0.4 is 0 Å². The van der Waals surface area contributed by atoms with Crippen molar-refractivity contribution in [2.45, 2.75) is 5.41 Å². The van der Waals surface area contributed by atoms with E-state index in [1.807, 2.05) is 0 Å². The molecule has 0 radical (unpaired) electrons. The molecule has 0 saturated carbocycles. The molecule has 2 heteroatoms. The molecule has 1 heterocycles. The summed E-state index contributed by atoms with van der Waals surface area (Å²) < 4.78 is 0. The number of benzene rings is 11. The molecular weight excluding hydrogens is 809 g/mol. The zero-order chi connectivity index (χ0) is 44.1. The van der Waals surface area contributed by atoms with Crippen LogP contribution in [0, 0.1) is 0 Å². The Balaban J connectivity index is 0.959. The first kappa shape index (κ1) is 37.6. The highest BCUT2D eigenvalue weighted by Crippen LogP contribution is 2.63. The van der Waals surface area contributed by atoms with E-state index in [-0.39, 0.29) is 0 Å². The van der Waals surface area contributed by atoms with E-state index in [9.17, 15) is 0 Å². The summed E-state index contributed by atoms with van der Waals surface area (Å²) in [5.41, 5.74) is 19.5. The summed E-state index contributed by atoms with van der Waals surface area (Å²) in [6, 6.07) is 88.6. The molecule has 67 heavy (non-hydrogen) atoms. The minimum Gasteiger partial charge on any atom is -0.228 e. The van der Waals surface area contributed by atoms with E-state index in [4.69, 9.17) is 9.97 Å². The molecule has 0 saturated heterocycles. The first-order valence-corrected chi connectivity index (χ1v) is 23.1. The summed E-state index contributed by atoms with van der Waals surface area (Å²) in [4.78, 5) is 10.9. The van der Waals surface area contributed by atoms with Crippen LogP contribution in [-0.4, -0.2) is 9.97 Å². The third kappa shape index (κ3) is 5.57. The monoisotopic (exact) mass is 848 g/mol. The maximum atomic E-state index is 5.47. The second kappa shape index (κ2) is 14.7. The smallest absolute Gasteiger partial charge is 0.160 e. The molecule has 310 valence electrons. The molecule has 1 aromatic heterocycles. The first-order valence-electron chi connectivity index (χ1n) is 23.1. The van der Waals surface area contributed by atoms with E-state index in [2.05, 4.69) is 243 Å². The van der Waals surface area contributed by atoms with Gasteiger partial charge in [-0.2, -0.15) is 0 Å². The molecule has 1 spiro atoms. The molecule has 2 nitrogen and oxygen atoms in total. The predicted molar refractivity (Wildman–Crippen MR) is 278 cm³/mol. The van der Waals surface area contributed by atoms with Gasteiger partial charge in [-0.3, -0.25) is 0 Å². The van der Waals surface area contributed by atoms with E-state index >= 15 is 0 Å². The number of hydrogen-bond acceptors (Lipinski definition) is 2. The SMILES string of the molecule is c1ccc(-c2ccccc2-c2cc(-c3ccc4c(c3)-c3ccccc3C43c4ccccc4-c4ccccc43)nc(-c3ccc(-c4c5ccccc5cc5c4ccc4ccccc45)cc3)n2)cc1. The molecule has 0 atom stereocenters. The number of hydrogen-bond donors (Lipinski definition) is 0. The first-order chi connectivity index (χ1) is 33.2. The fraction of sp³-hybridized carbons (Fsp3) is 0.0154. The van der Waals surface area contributed by atoms with Crippen LogP contribution in [0.3, 0.4) is 0 Å². The molecule has 0 fully saturated rings. The number of rotatable bonds is 5. The fourth-order valence-corrected chi connectivity index (χ4v) is 11.6. The summed E-state index contributed by atoms with van der Waals surface area (Å²) in [6.07, 6.45) is 0. The zero-order valence-corrected chi connectivity index (χ0v) is 36.5. The van der Waals surface area contributed by atoms with Crippen LogP contribution in [0.4, 0.5) is 0 Å². The quantitative estimate of drug-likeness (QED) is 0.127. The number of fused-ring (bicyclic) bond motifs is 14. The molecule has 2 aliphatic carbocycles. The van der Waals surface area contributed by atoms with Gasteiger partial charge in [0.15, 0.2) is 5.82 Å². The number of aromatic nitrogens is 2. The molecule has 0 aliphatic heterocycles. The van der Waals surface area contributed by atoms with Gasteiger partial charge < -0.3 is 0 Å². The van der Waals surface area contributed by atoms with Crippen molar-refractivity contribution in [2.24, 2.45) is 0 Å². The molecule has 0 bridgehead atoms. The average molecular weight is 849 g/mol. The van der Waals surface area contributed by atoms with Crippen LogP contribution in [0.25, 0.3) is 111 Å². The Labute approximate surface area is 389 Å². The highest BCUT2D eigenvalue weighted by Gasteiger charge is 2.51. The lowest BCUT2D eigenvalue weighted by Crippen LogP contribution is -2.25. The minimum atomic E-state index is -0.404. The third-order valence-electron chi connectivity index (χ3n) is 14.5. The predicted octanol–water partition coefficient (Wildman–Crippen LogP) is 16.6. The second-order valence-electron chi connectivity index (χ2n) is 18.0. The van der Waals surface area contributed by atoms with Crippen LogP contribution >= 0.6 is 0 Å². The van der Waals surface area contributed by atoms with E-state index in [1.54, 1.807) is 0 Å². The van der Waals surface area contributed by atoms with E-state index < -0.39 is 5.41 Å². The van der Waals surface area contributed by atoms with Crippen molar-refractivity contribution in [3.63, 3.8) is 0 Å². The third-order valence-corrected chi connectivity index (χ3v) is 14.5. The summed E-state index contributed by atoms with van der Waals surface area (Å²) in [7, 11) is 0. The number of nitrogens with zero attached hydrogens (tertiary/aromatic N) is 2. The van der Waals surface area contributed by atoms with Crippen LogP contribution in [0.2, 0.25) is 0 Å². The Bertz CT molecular complexity index is 3930. The van der Waals surface area contributed by atoms with Crippen LogP contribution in [0.1, 0.15) is 22.3 Å². The molecule has 0 N–H and O–H groups in total. The lowest BCUT2D eigenvalue weighted by atomic mass is 9.70. The molecule has 0 amide bonds. The zero-order valence-electron chi connectivity index (χ0n) is 36.5. The Morgan fingerprint density at radius 2 is 0.776 bits per heavy atom. The van der Waals surface area contributed by atoms with E-state index in [0.717, 1.165) is 44.8 Å². The largest absolute Gasteiger partial charge is 0.228 e. The van der Waals surface area contributed by atoms with Crippen molar-refractivity contribution >= 4 is 32.3 Å². The standard InChI is InChI=1S/C65H40N2/c1-2-16-41(17-3-1)47-20-8-9-26-53(47)62-40-61(46-35-37-60-56(39-46)52-25-12-15-29-59(52)65(60)57-27-13-10-23-50(57)51-24-11-14-28-58(51)65)66-64(67-62)44-32-30-43(31-33-44)63-49-22-7-5-19-45(49)38-55-48-21-6-4-18-42(48)34-36-54(55)63/h1-40H. The van der Waals surface area contributed by atoms with Gasteiger partial charge in [0, 0.05) is 16.7 Å². The summed E-state index contributed by atoms with van der Waals surface area (Å²) in [6.45, 7) is 0. The van der Waals surface area contributed by atoms with Gasteiger partial charge in [-0.05, 0) is 117 Å². The Hall–Kier alpha value is -8.72. The lowest BCUT2D eigenvalue weighted by molar-refractivity contribution is 0.794. The molecule has 2 aliphatic rings. The normalized spacial score (nSPS) is 12.9. The average Bonchev–Trinajstić information content (AvgIpc) is 3.87. The van der Waals surface area contributed by atoms with Crippen molar-refractivity contribution in [1.82, 2.24) is 9.97 Å². The lowest BCUT2D eigenvalue weighted by Gasteiger charge is -2.30. The van der Waals surface area contributed by atoms with Gasteiger partial charge in [0.1, 0.15) is 0 Å². The van der Waals surface area contributed by atoms with Gasteiger partial charge in [-0.1, -0.05) is 224 Å². The highest BCUT2D eigenvalue weighted by atomic mass is 14.9. The van der Waals surface area contributed by atoms with Gasteiger partial charge in [-0.25, -0.2) is 9.97 Å². The van der Waals surface area contributed by atoms with Crippen molar-refractivity contribution in [2.75, 3.05) is 0 Å². The van der Waals surface area contributed by atoms with Gasteiger partial charge in [0.2, 0.25) is 0 Å². The van der Waals surface area contributed by atoms with Crippen LogP contribution in [0.15, 0.2) is 243 Å². The van der Waals surface area contributed by atoms with Gasteiger partial charge in [0.05, 0.1) is 16.8 Å². The van der Waals surface area contributed by atoms with E-state index in [1.165, 1.54) is 82.4 Å². The summed E-state index contributed by atoms with van der Waals surface area (Å²) in [5, 5.41) is 7.48. The van der Waals surface area contributed by atoms with Crippen molar-refractivity contribution in [1.29, 1.82) is 0 Å². The van der Waals surface area contributed by atoms with E-state index in [0.29, 0.717) is 5.82 Å². The maximum absolute atomic E-state index is 5.47. The molecule has 0 unspecified atom stereocenters. The highest BCUT2D eigenvalue weighted by molar-refractivity contribution is 6.20. The summed E-state index contributed by atoms with van der Waals surface area (Å²) in [5.74, 6) is 0.687. The minimum absolute atomic E-state index is 0.404. The topological polar surface area (TPSA) is 25.8 Å². The van der Waals surface area contributed by atoms with Crippen molar-refractivity contribution in [3.8, 4) is 78.4 Å². The van der Waals surface area contributed by atoms with Crippen molar-refractivity contribution < 1.29 is 0 Å². The van der Waals surface area contributed by atoms with Gasteiger partial charge >= 0.3 is 0 Å². The van der Waals surface area contributed by atoms with Gasteiger partial charge in [0.25, 0.3) is 0 Å².